The van der Waals surface area contributed by atoms with Crippen LogP contribution in [0.4, 0.5) is 5.82 Å². The van der Waals surface area contributed by atoms with Crippen LogP contribution >= 0.6 is 11.6 Å². The Morgan fingerprint density at radius 3 is 2.32 bits per heavy atom. The summed E-state index contributed by atoms with van der Waals surface area (Å²) in [6.07, 6.45) is 0. The third kappa shape index (κ3) is 3.12. The summed E-state index contributed by atoms with van der Waals surface area (Å²) in [6, 6.07) is 13.0. The first-order chi connectivity index (χ1) is 14.7. The van der Waals surface area contributed by atoms with E-state index in [1.54, 1.807) is 48.5 Å². The van der Waals surface area contributed by atoms with Gasteiger partial charge < -0.3 is 15.3 Å². The highest BCUT2D eigenvalue weighted by atomic mass is 35.5. The number of nitrogens with zero attached hydrogens (tertiary/aromatic N) is 2. The summed E-state index contributed by atoms with van der Waals surface area (Å²) >= 11 is 6.42. The summed E-state index contributed by atoms with van der Waals surface area (Å²) in [5.74, 6) is -1.68. The molecule has 3 N–H and O–H groups in total. The Morgan fingerprint density at radius 1 is 0.968 bits per heavy atom. The van der Waals surface area contributed by atoms with Gasteiger partial charge in [-0.3, -0.25) is 13.9 Å². The molecule has 0 fully saturated rings. The summed E-state index contributed by atoms with van der Waals surface area (Å²) in [5, 5.41) is 11.6. The number of aromatic nitrogens is 2. The Labute approximate surface area is 180 Å². The van der Waals surface area contributed by atoms with Crippen LogP contribution in [0.3, 0.4) is 0 Å². The number of anilines is 1. The Kier molecular flexibility index (Phi) is 4.94. The second-order valence-corrected chi connectivity index (χ2v) is 7.51. The highest BCUT2D eigenvalue weighted by molar-refractivity contribution is 6.31. The predicted octanol–water partition coefficient (Wildman–Crippen LogP) is 2.31. The Bertz CT molecular complexity index is 1520. The standard InChI is InChI=1S/C22H18ClN3O5/c1-25-19(24)17(20(28)26(2)22(25)30)15(11-7-3-5-9-13(11)23)16-18(27)12-8-4-6-10-14(12)31-21(16)29/h3-10,15,27H,24H2,1-2H3. The molecule has 158 valence electrons. The molecule has 31 heavy (non-hydrogen) atoms. The van der Waals surface area contributed by atoms with Crippen LogP contribution < -0.4 is 22.6 Å². The molecule has 8 nitrogen and oxygen atoms in total. The number of hydrogen-bond donors (Lipinski definition) is 2. The molecule has 0 aliphatic carbocycles. The van der Waals surface area contributed by atoms with Crippen molar-refractivity contribution >= 4 is 28.4 Å². The highest BCUT2D eigenvalue weighted by Gasteiger charge is 2.33. The van der Waals surface area contributed by atoms with Crippen LogP contribution in [-0.2, 0) is 14.1 Å². The van der Waals surface area contributed by atoms with Gasteiger partial charge in [0.1, 0.15) is 17.2 Å². The van der Waals surface area contributed by atoms with E-state index in [1.807, 2.05) is 0 Å². The van der Waals surface area contributed by atoms with Gasteiger partial charge in [-0.2, -0.15) is 0 Å². The first kappa shape index (κ1) is 20.5. The van der Waals surface area contributed by atoms with Gasteiger partial charge in [0.2, 0.25) is 0 Å². The summed E-state index contributed by atoms with van der Waals surface area (Å²) in [6.45, 7) is 0. The molecule has 2 aromatic carbocycles. The molecular weight excluding hydrogens is 422 g/mol. The molecule has 0 spiro atoms. The van der Waals surface area contributed by atoms with Crippen molar-refractivity contribution < 1.29 is 9.52 Å². The van der Waals surface area contributed by atoms with Crippen LogP contribution in [0, 0.1) is 0 Å². The SMILES string of the molecule is Cn1c(N)c(C(c2ccccc2Cl)c2c(O)c3ccccc3oc2=O)c(=O)n(C)c1=O. The van der Waals surface area contributed by atoms with E-state index in [-0.39, 0.29) is 38.7 Å². The summed E-state index contributed by atoms with van der Waals surface area (Å²) in [7, 11) is 2.72. The molecular formula is C22H18ClN3O5. The fraction of sp³-hybridized carbons (Fsp3) is 0.136. The maximum Gasteiger partial charge on any atom is 0.344 e. The molecule has 4 aromatic rings. The number of hydrogen-bond acceptors (Lipinski definition) is 6. The van der Waals surface area contributed by atoms with Crippen LogP contribution in [-0.4, -0.2) is 14.2 Å². The molecule has 0 aliphatic rings. The molecule has 0 aliphatic heterocycles. The zero-order valence-electron chi connectivity index (χ0n) is 16.6. The lowest BCUT2D eigenvalue weighted by Crippen LogP contribution is -2.41. The van der Waals surface area contributed by atoms with Crippen LogP contribution in [0.25, 0.3) is 11.0 Å². The third-order valence-electron chi connectivity index (χ3n) is 5.36. The quantitative estimate of drug-likeness (QED) is 0.472. The summed E-state index contributed by atoms with van der Waals surface area (Å²) < 4.78 is 7.41. The average molecular weight is 440 g/mol. The molecule has 0 saturated carbocycles. The lowest BCUT2D eigenvalue weighted by Gasteiger charge is -2.22. The zero-order valence-corrected chi connectivity index (χ0v) is 17.4. The fourth-order valence-corrected chi connectivity index (χ4v) is 3.97. The molecule has 1 unspecified atom stereocenters. The van der Waals surface area contributed by atoms with Crippen LogP contribution in [0.15, 0.2) is 67.3 Å². The minimum absolute atomic E-state index is 0.0735. The van der Waals surface area contributed by atoms with Crippen molar-refractivity contribution in [2.75, 3.05) is 5.73 Å². The van der Waals surface area contributed by atoms with E-state index < -0.39 is 22.8 Å². The van der Waals surface area contributed by atoms with Crippen molar-refractivity contribution in [2.45, 2.75) is 5.92 Å². The highest BCUT2D eigenvalue weighted by Crippen LogP contribution is 2.40. The summed E-state index contributed by atoms with van der Waals surface area (Å²) in [5.41, 5.74) is 4.26. The van der Waals surface area contributed by atoms with E-state index in [0.29, 0.717) is 5.56 Å². The number of nitrogen functional groups attached to an aromatic ring is 1. The number of benzene rings is 2. The van der Waals surface area contributed by atoms with Gasteiger partial charge in [0.25, 0.3) is 5.56 Å². The molecule has 9 heteroatoms. The van der Waals surface area contributed by atoms with Crippen molar-refractivity contribution in [1.82, 2.24) is 9.13 Å². The minimum atomic E-state index is -1.18. The number of rotatable bonds is 3. The molecule has 2 heterocycles. The van der Waals surface area contributed by atoms with Crippen molar-refractivity contribution in [2.24, 2.45) is 14.1 Å². The van der Waals surface area contributed by atoms with Crippen molar-refractivity contribution in [3.8, 4) is 5.75 Å². The maximum absolute atomic E-state index is 13.2. The summed E-state index contributed by atoms with van der Waals surface area (Å²) in [4.78, 5) is 38.5. The van der Waals surface area contributed by atoms with Crippen LogP contribution in [0.2, 0.25) is 5.02 Å². The second-order valence-electron chi connectivity index (χ2n) is 7.11. The van der Waals surface area contributed by atoms with E-state index in [0.717, 1.165) is 9.13 Å². The Balaban J connectivity index is 2.21. The normalized spacial score (nSPS) is 12.2. The fourth-order valence-electron chi connectivity index (χ4n) is 3.72. The molecule has 0 saturated heterocycles. The van der Waals surface area contributed by atoms with E-state index in [2.05, 4.69) is 0 Å². The first-order valence-corrected chi connectivity index (χ1v) is 9.66. The van der Waals surface area contributed by atoms with Gasteiger partial charge in [-0.25, -0.2) is 9.59 Å². The van der Waals surface area contributed by atoms with Gasteiger partial charge in [-0.15, -0.1) is 0 Å². The van der Waals surface area contributed by atoms with E-state index >= 15 is 0 Å². The van der Waals surface area contributed by atoms with E-state index in [4.69, 9.17) is 21.8 Å². The van der Waals surface area contributed by atoms with E-state index in [1.165, 1.54) is 14.1 Å². The molecule has 1 atom stereocenters. The Hall–Kier alpha value is -3.78. The largest absolute Gasteiger partial charge is 0.507 e. The molecule has 0 radical (unpaired) electrons. The maximum atomic E-state index is 13.2. The molecule has 4 rings (SSSR count). The number of halogens is 1. The predicted molar refractivity (Wildman–Crippen MR) is 118 cm³/mol. The molecule has 2 aromatic heterocycles. The van der Waals surface area contributed by atoms with Crippen LogP contribution in [0.1, 0.15) is 22.6 Å². The monoisotopic (exact) mass is 439 g/mol. The van der Waals surface area contributed by atoms with E-state index in [9.17, 15) is 19.5 Å². The minimum Gasteiger partial charge on any atom is -0.507 e. The van der Waals surface area contributed by atoms with Gasteiger partial charge in [-0.05, 0) is 23.8 Å². The van der Waals surface area contributed by atoms with Gasteiger partial charge in [0.15, 0.2) is 0 Å². The van der Waals surface area contributed by atoms with Crippen molar-refractivity contribution in [3.63, 3.8) is 0 Å². The third-order valence-corrected chi connectivity index (χ3v) is 5.70. The smallest absolute Gasteiger partial charge is 0.344 e. The van der Waals surface area contributed by atoms with Gasteiger partial charge in [0, 0.05) is 19.1 Å². The first-order valence-electron chi connectivity index (χ1n) is 9.28. The zero-order chi connectivity index (χ0) is 22.4. The van der Waals surface area contributed by atoms with Gasteiger partial charge in [0.05, 0.1) is 22.4 Å². The van der Waals surface area contributed by atoms with Crippen molar-refractivity contribution in [1.29, 1.82) is 0 Å². The lowest BCUT2D eigenvalue weighted by atomic mass is 9.85. The van der Waals surface area contributed by atoms with Gasteiger partial charge >= 0.3 is 11.3 Å². The molecule has 0 amide bonds. The lowest BCUT2D eigenvalue weighted by molar-refractivity contribution is 0.454. The average Bonchev–Trinajstić information content (AvgIpc) is 2.76. The topological polar surface area (TPSA) is 120 Å². The van der Waals surface area contributed by atoms with Gasteiger partial charge in [-0.1, -0.05) is 41.9 Å². The second kappa shape index (κ2) is 7.48. The Morgan fingerprint density at radius 2 is 1.61 bits per heavy atom. The van der Waals surface area contributed by atoms with Crippen LogP contribution in [0.5, 0.6) is 5.75 Å². The number of nitrogens with two attached hydrogens (primary N) is 1. The number of aromatic hydroxyl groups is 1. The van der Waals surface area contributed by atoms with Crippen molar-refractivity contribution in [3.05, 3.63) is 102 Å². The number of para-hydroxylation sites is 1. The number of fused-ring (bicyclic) bond motifs is 1. The molecule has 0 bridgehead atoms.